The zero-order valence-electron chi connectivity index (χ0n) is 9.75. The largest absolute Gasteiger partial charge is 0.343 e. The second-order valence-electron chi connectivity index (χ2n) is 4.29. The first kappa shape index (κ1) is 10.8. The van der Waals surface area contributed by atoms with E-state index in [9.17, 15) is 9.59 Å². The number of aromatic amines is 2. The lowest BCUT2D eigenvalue weighted by Gasteiger charge is -2.37. The number of hydrogen-bond donors (Lipinski definition) is 2. The second kappa shape index (κ2) is 3.83. The van der Waals surface area contributed by atoms with Gasteiger partial charge in [-0.1, -0.05) is 0 Å². The number of carbonyl (C=O) groups excluding carboxylic acids is 1. The van der Waals surface area contributed by atoms with Crippen molar-refractivity contribution in [2.45, 2.75) is 5.92 Å². The summed E-state index contributed by atoms with van der Waals surface area (Å²) in [5, 5.41) is 6.35. The monoisotopic (exact) mass is 248 g/mol. The van der Waals surface area contributed by atoms with Crippen molar-refractivity contribution in [2.24, 2.45) is 7.05 Å². The zero-order valence-corrected chi connectivity index (χ0v) is 9.75. The lowest BCUT2D eigenvalue weighted by molar-refractivity contribution is 0.0580. The summed E-state index contributed by atoms with van der Waals surface area (Å²) < 4.78 is 1.47. The summed E-state index contributed by atoms with van der Waals surface area (Å²) in [6, 6.07) is 0. The molecule has 2 aromatic rings. The minimum Gasteiger partial charge on any atom is -0.341 e. The van der Waals surface area contributed by atoms with Crippen LogP contribution in [0.1, 0.15) is 22.4 Å². The molecule has 0 unspecified atom stereocenters. The van der Waals surface area contributed by atoms with E-state index >= 15 is 0 Å². The molecule has 0 aromatic carbocycles. The van der Waals surface area contributed by atoms with Crippen LogP contribution in [-0.4, -0.2) is 48.6 Å². The Morgan fingerprint density at radius 2 is 2.28 bits per heavy atom. The summed E-state index contributed by atoms with van der Waals surface area (Å²) in [6.07, 6.45) is 3.16. The van der Waals surface area contributed by atoms with E-state index in [0.29, 0.717) is 24.7 Å². The number of H-pyrrole nitrogens is 2. The van der Waals surface area contributed by atoms with Crippen molar-refractivity contribution in [1.82, 2.24) is 29.6 Å². The average molecular weight is 248 g/mol. The molecule has 0 radical (unpaired) electrons. The molecule has 0 aliphatic carbocycles. The molecule has 1 aliphatic rings. The SMILES string of the molecule is Cn1c(C2CN(C(=O)c3ncc[nH]3)C2)n[nH]c1=O. The number of amides is 1. The van der Waals surface area contributed by atoms with Crippen molar-refractivity contribution < 1.29 is 4.79 Å². The summed E-state index contributed by atoms with van der Waals surface area (Å²) in [7, 11) is 1.66. The number of likely N-dealkylation sites (tertiary alicyclic amines) is 1. The number of carbonyl (C=O) groups is 1. The molecule has 1 amide bonds. The van der Waals surface area contributed by atoms with Crippen LogP contribution in [0.2, 0.25) is 0 Å². The Bertz CT molecular complexity index is 619. The highest BCUT2D eigenvalue weighted by atomic mass is 16.2. The smallest absolute Gasteiger partial charge is 0.341 e. The number of imidazole rings is 1. The van der Waals surface area contributed by atoms with Crippen molar-refractivity contribution >= 4 is 5.91 Å². The van der Waals surface area contributed by atoms with E-state index in [1.165, 1.54) is 4.57 Å². The predicted octanol–water partition coefficient (Wildman–Crippen LogP) is -0.929. The van der Waals surface area contributed by atoms with Crippen LogP contribution in [0, 0.1) is 0 Å². The summed E-state index contributed by atoms with van der Waals surface area (Å²) in [5.41, 5.74) is -0.235. The molecule has 0 spiro atoms. The van der Waals surface area contributed by atoms with Crippen molar-refractivity contribution in [2.75, 3.05) is 13.1 Å². The first-order valence-corrected chi connectivity index (χ1v) is 5.56. The van der Waals surface area contributed by atoms with Gasteiger partial charge in [-0.25, -0.2) is 14.9 Å². The molecule has 1 saturated heterocycles. The maximum atomic E-state index is 11.9. The summed E-state index contributed by atoms with van der Waals surface area (Å²) in [5.74, 6) is 0.998. The molecule has 8 heteroatoms. The summed E-state index contributed by atoms with van der Waals surface area (Å²) >= 11 is 0. The number of aromatic nitrogens is 5. The fourth-order valence-corrected chi connectivity index (χ4v) is 2.06. The van der Waals surface area contributed by atoms with E-state index in [0.717, 1.165) is 0 Å². The van der Waals surface area contributed by atoms with Crippen LogP contribution in [0.4, 0.5) is 0 Å². The normalized spacial score (nSPS) is 15.7. The minimum atomic E-state index is -0.235. The van der Waals surface area contributed by atoms with Gasteiger partial charge in [-0.3, -0.25) is 9.36 Å². The van der Waals surface area contributed by atoms with Gasteiger partial charge < -0.3 is 9.88 Å². The van der Waals surface area contributed by atoms with E-state index in [4.69, 9.17) is 0 Å². The Labute approximate surface area is 102 Å². The molecule has 3 heterocycles. The Morgan fingerprint density at radius 3 is 2.83 bits per heavy atom. The van der Waals surface area contributed by atoms with E-state index < -0.39 is 0 Å². The number of nitrogens with zero attached hydrogens (tertiary/aromatic N) is 4. The van der Waals surface area contributed by atoms with Gasteiger partial charge in [0.05, 0.1) is 5.92 Å². The topological polar surface area (TPSA) is 99.7 Å². The fourth-order valence-electron chi connectivity index (χ4n) is 2.06. The van der Waals surface area contributed by atoms with Crippen LogP contribution in [0.5, 0.6) is 0 Å². The van der Waals surface area contributed by atoms with Crippen molar-refractivity contribution in [1.29, 1.82) is 0 Å². The highest BCUT2D eigenvalue weighted by Gasteiger charge is 2.35. The molecule has 0 bridgehead atoms. The molecule has 0 atom stereocenters. The van der Waals surface area contributed by atoms with Crippen molar-refractivity contribution in [3.8, 4) is 0 Å². The first-order chi connectivity index (χ1) is 8.66. The fraction of sp³-hybridized carbons (Fsp3) is 0.400. The van der Waals surface area contributed by atoms with Gasteiger partial charge in [0, 0.05) is 32.5 Å². The maximum Gasteiger partial charge on any atom is 0.343 e. The predicted molar refractivity (Wildman–Crippen MR) is 61.1 cm³/mol. The molecule has 0 saturated carbocycles. The highest BCUT2D eigenvalue weighted by Crippen LogP contribution is 2.25. The Kier molecular flexibility index (Phi) is 2.29. The average Bonchev–Trinajstić information content (AvgIpc) is 2.91. The van der Waals surface area contributed by atoms with Crippen molar-refractivity contribution in [3.05, 3.63) is 34.5 Å². The quantitative estimate of drug-likeness (QED) is 0.717. The maximum absolute atomic E-state index is 11.9. The Morgan fingerprint density at radius 1 is 1.50 bits per heavy atom. The standard InChI is InChI=1S/C10H12N6O2/c1-15-8(13-14-10(15)18)6-4-16(5-6)9(17)7-11-2-3-12-7/h2-3,6H,4-5H2,1H3,(H,11,12)(H,14,18). The zero-order chi connectivity index (χ0) is 12.7. The van der Waals surface area contributed by atoms with Gasteiger partial charge in [0.25, 0.3) is 5.91 Å². The van der Waals surface area contributed by atoms with E-state index in [-0.39, 0.29) is 17.5 Å². The van der Waals surface area contributed by atoms with Crippen LogP contribution >= 0.6 is 0 Å². The van der Waals surface area contributed by atoms with Crippen LogP contribution in [0.3, 0.4) is 0 Å². The van der Waals surface area contributed by atoms with Crippen LogP contribution in [-0.2, 0) is 7.05 Å². The van der Waals surface area contributed by atoms with Crippen LogP contribution in [0.25, 0.3) is 0 Å². The van der Waals surface area contributed by atoms with E-state index in [1.54, 1.807) is 24.3 Å². The third-order valence-electron chi connectivity index (χ3n) is 3.15. The summed E-state index contributed by atoms with van der Waals surface area (Å²) in [6.45, 7) is 1.11. The molecule has 3 rings (SSSR count). The van der Waals surface area contributed by atoms with Crippen molar-refractivity contribution in [3.63, 3.8) is 0 Å². The van der Waals surface area contributed by atoms with Gasteiger partial charge in [-0.2, -0.15) is 5.10 Å². The number of hydrogen-bond acceptors (Lipinski definition) is 4. The second-order valence-corrected chi connectivity index (χ2v) is 4.29. The van der Waals surface area contributed by atoms with E-state index in [2.05, 4.69) is 20.2 Å². The first-order valence-electron chi connectivity index (χ1n) is 5.56. The molecular formula is C10H12N6O2. The van der Waals surface area contributed by atoms with Gasteiger partial charge in [0.15, 0.2) is 5.82 Å². The lowest BCUT2D eigenvalue weighted by atomic mass is 9.99. The van der Waals surface area contributed by atoms with Gasteiger partial charge in [0.1, 0.15) is 5.82 Å². The minimum absolute atomic E-state index is 0.105. The molecule has 2 aromatic heterocycles. The molecule has 2 N–H and O–H groups in total. The van der Waals surface area contributed by atoms with Crippen LogP contribution < -0.4 is 5.69 Å². The Hall–Kier alpha value is -2.38. The summed E-state index contributed by atoms with van der Waals surface area (Å²) in [4.78, 5) is 31.5. The molecule has 8 nitrogen and oxygen atoms in total. The van der Waals surface area contributed by atoms with Crippen LogP contribution in [0.15, 0.2) is 17.2 Å². The molecule has 1 aliphatic heterocycles. The Balaban J connectivity index is 1.69. The lowest BCUT2D eigenvalue weighted by Crippen LogP contribution is -2.49. The van der Waals surface area contributed by atoms with Gasteiger partial charge >= 0.3 is 5.69 Å². The molecule has 18 heavy (non-hydrogen) atoms. The third-order valence-corrected chi connectivity index (χ3v) is 3.15. The third kappa shape index (κ3) is 1.53. The molecule has 1 fully saturated rings. The molecular weight excluding hydrogens is 236 g/mol. The van der Waals surface area contributed by atoms with Gasteiger partial charge in [-0.05, 0) is 0 Å². The highest BCUT2D eigenvalue weighted by molar-refractivity contribution is 5.91. The van der Waals surface area contributed by atoms with Gasteiger partial charge in [-0.15, -0.1) is 0 Å². The number of nitrogens with one attached hydrogen (secondary N) is 2. The van der Waals surface area contributed by atoms with Gasteiger partial charge in [0.2, 0.25) is 0 Å². The number of rotatable bonds is 2. The van der Waals surface area contributed by atoms with E-state index in [1.807, 2.05) is 0 Å². The molecule has 94 valence electrons.